The normalized spacial score (nSPS) is 41.5. The molecule has 4 saturated carbocycles. The van der Waals surface area contributed by atoms with Crippen LogP contribution >= 0.6 is 0 Å². The standard InChI is InChI=1S/C17H30N2O/c1-4-10(2)15(18)17(20)19(3)16-13-6-11-5-12(8-13)9-14(16)7-11/h10-16H,4-9,18H2,1-3H3. The molecule has 0 heterocycles. The minimum Gasteiger partial charge on any atom is -0.341 e. The van der Waals surface area contributed by atoms with Gasteiger partial charge < -0.3 is 10.6 Å². The molecule has 3 nitrogen and oxygen atoms in total. The lowest BCUT2D eigenvalue weighted by Crippen LogP contribution is -2.59. The van der Waals surface area contributed by atoms with E-state index in [2.05, 4.69) is 13.8 Å². The molecule has 0 radical (unpaired) electrons. The van der Waals surface area contributed by atoms with Crippen molar-refractivity contribution in [2.75, 3.05) is 7.05 Å². The number of likely N-dealkylation sites (N-methyl/N-ethyl adjacent to an activating group) is 1. The van der Waals surface area contributed by atoms with Gasteiger partial charge in [0.2, 0.25) is 5.91 Å². The molecule has 0 aromatic carbocycles. The Hall–Kier alpha value is -0.570. The number of nitrogens with zero attached hydrogens (tertiary/aromatic N) is 1. The van der Waals surface area contributed by atoms with E-state index in [0.29, 0.717) is 6.04 Å². The van der Waals surface area contributed by atoms with Gasteiger partial charge in [-0.2, -0.15) is 0 Å². The second kappa shape index (κ2) is 5.32. The number of rotatable bonds is 4. The molecule has 0 aromatic heterocycles. The highest BCUT2D eigenvalue weighted by Gasteiger charge is 2.50. The van der Waals surface area contributed by atoms with Gasteiger partial charge in [0.05, 0.1) is 6.04 Å². The van der Waals surface area contributed by atoms with Crippen molar-refractivity contribution >= 4 is 5.91 Å². The van der Waals surface area contributed by atoms with E-state index in [1.807, 2.05) is 11.9 Å². The zero-order chi connectivity index (χ0) is 14.4. The molecule has 0 aliphatic heterocycles. The van der Waals surface area contributed by atoms with Crippen LogP contribution in [0.3, 0.4) is 0 Å². The third-order valence-electron chi connectivity index (χ3n) is 6.51. The SMILES string of the molecule is CCC(C)C(N)C(=O)N(C)C1C2CC3CC(C2)CC1C3. The first-order valence-corrected chi connectivity index (χ1v) is 8.53. The molecule has 114 valence electrons. The summed E-state index contributed by atoms with van der Waals surface area (Å²) in [6, 6.07) is 0.160. The Morgan fingerprint density at radius 1 is 1.15 bits per heavy atom. The Bertz CT molecular complexity index is 353. The molecule has 4 aliphatic rings. The van der Waals surface area contributed by atoms with Crippen LogP contribution in [-0.2, 0) is 4.79 Å². The van der Waals surface area contributed by atoms with Gasteiger partial charge in [-0.25, -0.2) is 0 Å². The Morgan fingerprint density at radius 2 is 1.65 bits per heavy atom. The van der Waals surface area contributed by atoms with Crippen molar-refractivity contribution in [3.63, 3.8) is 0 Å². The Labute approximate surface area is 123 Å². The summed E-state index contributed by atoms with van der Waals surface area (Å²) in [6.45, 7) is 4.20. The van der Waals surface area contributed by atoms with E-state index >= 15 is 0 Å². The van der Waals surface area contributed by atoms with Crippen molar-refractivity contribution in [3.8, 4) is 0 Å². The summed E-state index contributed by atoms with van der Waals surface area (Å²) in [6.07, 6.45) is 7.86. The van der Waals surface area contributed by atoms with Crippen LogP contribution in [0.2, 0.25) is 0 Å². The zero-order valence-corrected chi connectivity index (χ0v) is 13.2. The lowest BCUT2D eigenvalue weighted by atomic mass is 9.54. The summed E-state index contributed by atoms with van der Waals surface area (Å²) in [5.41, 5.74) is 6.17. The Kier molecular flexibility index (Phi) is 3.83. The van der Waals surface area contributed by atoms with E-state index in [0.717, 1.165) is 30.1 Å². The molecule has 3 heteroatoms. The van der Waals surface area contributed by atoms with E-state index < -0.39 is 0 Å². The first kappa shape index (κ1) is 14.4. The van der Waals surface area contributed by atoms with Crippen molar-refractivity contribution in [1.82, 2.24) is 4.90 Å². The minimum atomic E-state index is -0.317. The van der Waals surface area contributed by atoms with Gasteiger partial charge in [0, 0.05) is 13.1 Å². The molecule has 0 aromatic rings. The van der Waals surface area contributed by atoms with Gasteiger partial charge in [0.15, 0.2) is 0 Å². The van der Waals surface area contributed by atoms with Crippen LogP contribution in [0.5, 0.6) is 0 Å². The molecule has 2 N–H and O–H groups in total. The van der Waals surface area contributed by atoms with Crippen molar-refractivity contribution in [1.29, 1.82) is 0 Å². The van der Waals surface area contributed by atoms with Crippen molar-refractivity contribution in [2.45, 2.75) is 64.5 Å². The first-order valence-electron chi connectivity index (χ1n) is 8.53. The lowest BCUT2D eigenvalue weighted by Gasteiger charge is -2.56. The molecular weight excluding hydrogens is 248 g/mol. The summed E-state index contributed by atoms with van der Waals surface area (Å²) in [7, 11) is 2.01. The monoisotopic (exact) mass is 278 g/mol. The number of carbonyl (C=O) groups is 1. The third-order valence-corrected chi connectivity index (χ3v) is 6.51. The highest BCUT2D eigenvalue weighted by Crippen LogP contribution is 2.55. The van der Waals surface area contributed by atoms with Crippen LogP contribution < -0.4 is 5.73 Å². The Balaban J connectivity index is 1.71. The third kappa shape index (κ3) is 2.28. The number of hydrogen-bond acceptors (Lipinski definition) is 2. The highest BCUT2D eigenvalue weighted by atomic mass is 16.2. The average molecular weight is 278 g/mol. The maximum Gasteiger partial charge on any atom is 0.239 e. The minimum absolute atomic E-state index is 0.178. The molecular formula is C17H30N2O. The van der Waals surface area contributed by atoms with Gasteiger partial charge in [-0.3, -0.25) is 4.79 Å². The fourth-order valence-electron chi connectivity index (χ4n) is 5.41. The molecule has 4 bridgehead atoms. The predicted octanol–water partition coefficient (Wildman–Crippen LogP) is 2.64. The van der Waals surface area contributed by atoms with Gasteiger partial charge >= 0.3 is 0 Å². The molecule has 20 heavy (non-hydrogen) atoms. The van der Waals surface area contributed by atoms with Crippen molar-refractivity contribution < 1.29 is 4.79 Å². The van der Waals surface area contributed by atoms with Gasteiger partial charge in [-0.1, -0.05) is 20.3 Å². The molecule has 0 saturated heterocycles. The molecule has 0 spiro atoms. The molecule has 4 rings (SSSR count). The van der Waals surface area contributed by atoms with E-state index in [9.17, 15) is 4.79 Å². The molecule has 2 atom stereocenters. The molecule has 4 fully saturated rings. The highest BCUT2D eigenvalue weighted by molar-refractivity contribution is 5.82. The Morgan fingerprint density at radius 3 is 2.10 bits per heavy atom. The van der Waals surface area contributed by atoms with Gasteiger partial charge in [-0.05, 0) is 61.7 Å². The summed E-state index contributed by atoms with van der Waals surface area (Å²) in [4.78, 5) is 14.7. The van der Waals surface area contributed by atoms with E-state index in [4.69, 9.17) is 5.73 Å². The van der Waals surface area contributed by atoms with Crippen LogP contribution in [0.4, 0.5) is 0 Å². The second-order valence-corrected chi connectivity index (χ2v) is 7.78. The van der Waals surface area contributed by atoms with Crippen LogP contribution in [0.15, 0.2) is 0 Å². The smallest absolute Gasteiger partial charge is 0.239 e. The van der Waals surface area contributed by atoms with E-state index in [1.165, 1.54) is 32.1 Å². The summed E-state index contributed by atoms with van der Waals surface area (Å²) in [5.74, 6) is 3.88. The van der Waals surface area contributed by atoms with E-state index in [-0.39, 0.29) is 17.9 Å². The zero-order valence-electron chi connectivity index (χ0n) is 13.2. The summed E-state index contributed by atoms with van der Waals surface area (Å²) < 4.78 is 0. The molecule has 2 unspecified atom stereocenters. The van der Waals surface area contributed by atoms with Crippen molar-refractivity contribution in [3.05, 3.63) is 0 Å². The lowest BCUT2D eigenvalue weighted by molar-refractivity contribution is -0.143. The van der Waals surface area contributed by atoms with Crippen LogP contribution in [0.1, 0.15) is 52.4 Å². The van der Waals surface area contributed by atoms with Gasteiger partial charge in [-0.15, -0.1) is 0 Å². The van der Waals surface area contributed by atoms with E-state index in [1.54, 1.807) is 0 Å². The molecule has 4 aliphatic carbocycles. The quantitative estimate of drug-likeness (QED) is 0.859. The fraction of sp³-hybridized carbons (Fsp3) is 0.941. The summed E-state index contributed by atoms with van der Waals surface area (Å²) in [5, 5.41) is 0. The van der Waals surface area contributed by atoms with Crippen LogP contribution in [0, 0.1) is 29.6 Å². The maximum absolute atomic E-state index is 12.7. The predicted molar refractivity (Wildman–Crippen MR) is 81.0 cm³/mol. The topological polar surface area (TPSA) is 46.3 Å². The molecule has 1 amide bonds. The number of hydrogen-bond donors (Lipinski definition) is 1. The largest absolute Gasteiger partial charge is 0.341 e. The van der Waals surface area contributed by atoms with Crippen LogP contribution in [-0.4, -0.2) is 29.9 Å². The number of nitrogens with two attached hydrogens (primary N) is 1. The average Bonchev–Trinajstić information content (AvgIpc) is 2.43. The van der Waals surface area contributed by atoms with Crippen molar-refractivity contribution in [2.24, 2.45) is 35.3 Å². The van der Waals surface area contributed by atoms with Gasteiger partial charge in [0.25, 0.3) is 0 Å². The maximum atomic E-state index is 12.7. The van der Waals surface area contributed by atoms with Crippen LogP contribution in [0.25, 0.3) is 0 Å². The number of carbonyl (C=O) groups excluding carboxylic acids is 1. The van der Waals surface area contributed by atoms with Gasteiger partial charge in [0.1, 0.15) is 0 Å². The second-order valence-electron chi connectivity index (χ2n) is 7.78. The number of amides is 1. The fourth-order valence-corrected chi connectivity index (χ4v) is 5.41. The first-order chi connectivity index (χ1) is 9.51. The summed E-state index contributed by atoms with van der Waals surface area (Å²) >= 11 is 0.